The first-order valence-electron chi connectivity index (χ1n) is 7.17. The molecule has 1 aromatic heterocycles. The molecule has 0 aliphatic carbocycles. The third-order valence-corrected chi connectivity index (χ3v) is 5.43. The SMILES string of the molecule is CS(=O)(=O)N1CCN(C(=O)NCC(OCCO)c2cccs2)C1=O. The van der Waals surface area contributed by atoms with Crippen LogP contribution in [0.1, 0.15) is 11.0 Å². The molecule has 0 bridgehead atoms. The number of aliphatic hydroxyl groups excluding tert-OH is 1. The zero-order chi connectivity index (χ0) is 17.7. The van der Waals surface area contributed by atoms with Crippen molar-refractivity contribution in [3.05, 3.63) is 22.4 Å². The van der Waals surface area contributed by atoms with Crippen LogP contribution >= 0.6 is 11.3 Å². The molecule has 0 spiro atoms. The molecule has 2 heterocycles. The van der Waals surface area contributed by atoms with Crippen LogP contribution in [-0.2, 0) is 14.8 Å². The van der Waals surface area contributed by atoms with E-state index in [2.05, 4.69) is 5.32 Å². The number of urea groups is 2. The number of ether oxygens (including phenoxy) is 1. The van der Waals surface area contributed by atoms with Crippen LogP contribution < -0.4 is 5.32 Å². The highest BCUT2D eigenvalue weighted by Gasteiger charge is 2.38. The lowest BCUT2D eigenvalue weighted by atomic mass is 10.3. The number of hydrogen-bond donors (Lipinski definition) is 2. The van der Waals surface area contributed by atoms with E-state index in [-0.39, 0.29) is 32.8 Å². The summed E-state index contributed by atoms with van der Waals surface area (Å²) < 4.78 is 29.1. The second kappa shape index (κ2) is 7.92. The lowest BCUT2D eigenvalue weighted by Crippen LogP contribution is -2.44. The molecule has 0 aromatic carbocycles. The largest absolute Gasteiger partial charge is 0.394 e. The maximum absolute atomic E-state index is 12.1. The Labute approximate surface area is 143 Å². The van der Waals surface area contributed by atoms with Gasteiger partial charge in [0.05, 0.1) is 39.1 Å². The number of thiophene rings is 1. The van der Waals surface area contributed by atoms with Crippen molar-refractivity contribution in [3.63, 3.8) is 0 Å². The molecule has 1 aliphatic heterocycles. The van der Waals surface area contributed by atoms with Crippen LogP contribution in [0.4, 0.5) is 9.59 Å². The highest BCUT2D eigenvalue weighted by Crippen LogP contribution is 2.22. The molecule has 24 heavy (non-hydrogen) atoms. The van der Waals surface area contributed by atoms with Crippen molar-refractivity contribution in [2.75, 3.05) is 39.1 Å². The van der Waals surface area contributed by atoms with Crippen molar-refractivity contribution in [2.45, 2.75) is 6.10 Å². The Kier molecular flexibility index (Phi) is 6.15. The van der Waals surface area contributed by atoms with Gasteiger partial charge in [-0.15, -0.1) is 11.3 Å². The van der Waals surface area contributed by atoms with Crippen molar-refractivity contribution in [2.24, 2.45) is 0 Å². The van der Waals surface area contributed by atoms with Crippen molar-refractivity contribution >= 4 is 33.4 Å². The molecule has 2 N–H and O–H groups in total. The summed E-state index contributed by atoms with van der Waals surface area (Å²) in [4.78, 5) is 25.9. The Morgan fingerprint density at radius 1 is 1.50 bits per heavy atom. The normalized spacial score (nSPS) is 16.5. The number of hydrogen-bond acceptors (Lipinski definition) is 7. The molecule has 9 nitrogen and oxygen atoms in total. The lowest BCUT2D eigenvalue weighted by Gasteiger charge is -2.20. The van der Waals surface area contributed by atoms with Gasteiger partial charge in [0.25, 0.3) is 0 Å². The molecule has 1 fully saturated rings. The van der Waals surface area contributed by atoms with Crippen LogP contribution in [-0.4, -0.2) is 73.9 Å². The smallest absolute Gasteiger partial charge is 0.341 e. The molecule has 0 radical (unpaired) electrons. The van der Waals surface area contributed by atoms with Gasteiger partial charge in [0.15, 0.2) is 0 Å². The average Bonchev–Trinajstić information content (AvgIpc) is 3.16. The molecule has 1 aromatic rings. The minimum Gasteiger partial charge on any atom is -0.394 e. The van der Waals surface area contributed by atoms with Gasteiger partial charge < -0.3 is 15.2 Å². The number of carbonyl (C=O) groups is 2. The molecule has 1 unspecified atom stereocenters. The Morgan fingerprint density at radius 2 is 2.25 bits per heavy atom. The number of sulfonamides is 1. The molecule has 11 heteroatoms. The molecule has 2 rings (SSSR count). The zero-order valence-electron chi connectivity index (χ0n) is 13.0. The van der Waals surface area contributed by atoms with E-state index in [0.29, 0.717) is 4.31 Å². The number of rotatable bonds is 7. The first-order valence-corrected chi connectivity index (χ1v) is 9.90. The van der Waals surface area contributed by atoms with Gasteiger partial charge in [-0.05, 0) is 11.4 Å². The first kappa shape index (κ1) is 18.6. The van der Waals surface area contributed by atoms with Crippen LogP contribution in [0.15, 0.2) is 17.5 Å². The van der Waals surface area contributed by atoms with Crippen LogP contribution in [0.3, 0.4) is 0 Å². The van der Waals surface area contributed by atoms with Crippen molar-refractivity contribution in [1.82, 2.24) is 14.5 Å². The average molecular weight is 377 g/mol. The Bertz CT molecular complexity index is 676. The van der Waals surface area contributed by atoms with Gasteiger partial charge >= 0.3 is 12.1 Å². The summed E-state index contributed by atoms with van der Waals surface area (Å²) in [5.41, 5.74) is 0. The van der Waals surface area contributed by atoms with Crippen LogP contribution in [0, 0.1) is 0 Å². The quantitative estimate of drug-likeness (QED) is 0.701. The monoisotopic (exact) mass is 377 g/mol. The van der Waals surface area contributed by atoms with E-state index in [1.54, 1.807) is 0 Å². The van der Waals surface area contributed by atoms with E-state index in [1.807, 2.05) is 17.5 Å². The standard InChI is InChI=1S/C13H19N3O6S2/c1-24(20,21)16-5-4-15(13(16)19)12(18)14-9-10(22-7-6-17)11-3-2-8-23-11/h2-3,8,10,17H,4-7,9H2,1H3,(H,14,18). The number of nitrogens with one attached hydrogen (secondary N) is 1. The molecule has 1 aliphatic rings. The maximum atomic E-state index is 12.1. The summed E-state index contributed by atoms with van der Waals surface area (Å²) in [5, 5.41) is 13.3. The van der Waals surface area contributed by atoms with Crippen molar-refractivity contribution in [3.8, 4) is 0 Å². The van der Waals surface area contributed by atoms with Gasteiger partial charge in [0, 0.05) is 4.88 Å². The van der Waals surface area contributed by atoms with Gasteiger partial charge in [0.2, 0.25) is 10.0 Å². The molecule has 0 saturated carbocycles. The fourth-order valence-corrected chi connectivity index (χ4v) is 3.77. The zero-order valence-corrected chi connectivity index (χ0v) is 14.7. The third kappa shape index (κ3) is 4.44. The molecular weight excluding hydrogens is 358 g/mol. The molecule has 134 valence electrons. The van der Waals surface area contributed by atoms with E-state index < -0.39 is 28.2 Å². The van der Waals surface area contributed by atoms with Crippen molar-refractivity contribution in [1.29, 1.82) is 0 Å². The van der Waals surface area contributed by atoms with Gasteiger partial charge in [-0.3, -0.25) is 0 Å². The van der Waals surface area contributed by atoms with E-state index >= 15 is 0 Å². The third-order valence-electron chi connectivity index (χ3n) is 3.33. The Morgan fingerprint density at radius 3 is 2.79 bits per heavy atom. The number of carbonyl (C=O) groups excluding carboxylic acids is 2. The minimum absolute atomic E-state index is 0.00109. The summed E-state index contributed by atoms with van der Waals surface area (Å²) in [6.07, 6.45) is 0.465. The fourth-order valence-electron chi connectivity index (χ4n) is 2.20. The number of imide groups is 1. The number of amides is 4. The summed E-state index contributed by atoms with van der Waals surface area (Å²) in [6, 6.07) is 2.13. The summed E-state index contributed by atoms with van der Waals surface area (Å²) in [5.74, 6) is 0. The second-order valence-corrected chi connectivity index (χ2v) is 7.94. The highest BCUT2D eigenvalue weighted by molar-refractivity contribution is 7.88. The van der Waals surface area contributed by atoms with Gasteiger partial charge in [0.1, 0.15) is 6.10 Å². The van der Waals surface area contributed by atoms with E-state index in [4.69, 9.17) is 9.84 Å². The summed E-state index contributed by atoms with van der Waals surface area (Å²) in [7, 11) is -3.69. The lowest BCUT2D eigenvalue weighted by molar-refractivity contribution is 0.0309. The van der Waals surface area contributed by atoms with E-state index in [9.17, 15) is 18.0 Å². The summed E-state index contributed by atoms with van der Waals surface area (Å²) in [6.45, 7) is 0.00798. The Hall–Kier alpha value is -1.69. The molecule has 1 atom stereocenters. The van der Waals surface area contributed by atoms with Crippen LogP contribution in [0.25, 0.3) is 0 Å². The molecular formula is C13H19N3O6S2. The molecule has 1 saturated heterocycles. The Balaban J connectivity index is 1.95. The van der Waals surface area contributed by atoms with E-state index in [1.165, 1.54) is 11.3 Å². The topological polar surface area (TPSA) is 116 Å². The van der Waals surface area contributed by atoms with E-state index in [0.717, 1.165) is 16.0 Å². The number of nitrogens with zero attached hydrogens (tertiary/aromatic N) is 2. The highest BCUT2D eigenvalue weighted by atomic mass is 32.2. The molecule has 4 amide bonds. The second-order valence-electron chi connectivity index (χ2n) is 5.05. The van der Waals surface area contributed by atoms with Gasteiger partial charge in [-0.25, -0.2) is 27.2 Å². The number of aliphatic hydroxyl groups is 1. The van der Waals surface area contributed by atoms with Crippen LogP contribution in [0.5, 0.6) is 0 Å². The predicted molar refractivity (Wildman–Crippen MR) is 87.1 cm³/mol. The predicted octanol–water partition coefficient (Wildman–Crippen LogP) is 0.205. The minimum atomic E-state index is -3.69. The maximum Gasteiger partial charge on any atom is 0.341 e. The first-order chi connectivity index (χ1) is 11.3. The fraction of sp³-hybridized carbons (Fsp3) is 0.538. The van der Waals surface area contributed by atoms with Crippen LogP contribution in [0.2, 0.25) is 0 Å². The van der Waals surface area contributed by atoms with Gasteiger partial charge in [-0.2, -0.15) is 0 Å². The summed E-state index contributed by atoms with van der Waals surface area (Å²) >= 11 is 1.44. The van der Waals surface area contributed by atoms with Crippen molar-refractivity contribution < 1.29 is 27.9 Å². The van der Waals surface area contributed by atoms with Gasteiger partial charge in [-0.1, -0.05) is 6.07 Å².